The fourth-order valence-corrected chi connectivity index (χ4v) is 4.98. The first-order valence-corrected chi connectivity index (χ1v) is 12.3. The minimum Gasteiger partial charge on any atom is -0.343 e. The van der Waals surface area contributed by atoms with Gasteiger partial charge in [0.2, 0.25) is 5.91 Å². The van der Waals surface area contributed by atoms with Crippen LogP contribution in [-0.2, 0) is 24.4 Å². The predicted molar refractivity (Wildman–Crippen MR) is 136 cm³/mol. The molecule has 1 aliphatic rings. The summed E-state index contributed by atoms with van der Waals surface area (Å²) in [5, 5.41) is 4.25. The van der Waals surface area contributed by atoms with Crippen molar-refractivity contribution >= 4 is 16.9 Å². The standard InChI is InChI=1S/C28H30N6O/c1-29-20-34-19-25(17-31-34)24-10-11-27-26(16-24)30-21-33(27)18-23-8-5-14-32(15-13-23)28(35)12-9-22-6-3-2-4-7-22/h2-4,6-7,10-11,16-17,19,21,23H,5,8-9,12-15,18,20H2. The van der Waals surface area contributed by atoms with Crippen molar-refractivity contribution in [2.24, 2.45) is 5.92 Å². The van der Waals surface area contributed by atoms with Gasteiger partial charge in [-0.1, -0.05) is 36.4 Å². The molecule has 0 bridgehead atoms. The first kappa shape index (κ1) is 22.9. The molecule has 5 rings (SSSR count). The summed E-state index contributed by atoms with van der Waals surface area (Å²) in [6, 6.07) is 16.6. The lowest BCUT2D eigenvalue weighted by Crippen LogP contribution is -2.32. The Balaban J connectivity index is 1.19. The Labute approximate surface area is 205 Å². The summed E-state index contributed by atoms with van der Waals surface area (Å²) in [6.45, 7) is 9.85. The zero-order chi connectivity index (χ0) is 24.0. The largest absolute Gasteiger partial charge is 0.343 e. The van der Waals surface area contributed by atoms with Crippen LogP contribution in [0.4, 0.5) is 0 Å². The van der Waals surface area contributed by atoms with E-state index in [1.165, 1.54) is 5.56 Å². The van der Waals surface area contributed by atoms with E-state index < -0.39 is 0 Å². The van der Waals surface area contributed by atoms with E-state index in [1.54, 1.807) is 10.9 Å². The lowest BCUT2D eigenvalue weighted by Gasteiger charge is -2.21. The topological polar surface area (TPSA) is 60.3 Å². The van der Waals surface area contributed by atoms with Crippen LogP contribution in [0.3, 0.4) is 0 Å². The van der Waals surface area contributed by atoms with Crippen molar-refractivity contribution in [2.75, 3.05) is 13.1 Å². The number of aromatic nitrogens is 4. The lowest BCUT2D eigenvalue weighted by molar-refractivity contribution is -0.131. The van der Waals surface area contributed by atoms with Crippen LogP contribution in [0.5, 0.6) is 0 Å². The molecule has 0 saturated carbocycles. The average Bonchev–Trinajstić information content (AvgIpc) is 3.44. The van der Waals surface area contributed by atoms with Crippen molar-refractivity contribution in [1.29, 1.82) is 0 Å². The summed E-state index contributed by atoms with van der Waals surface area (Å²) >= 11 is 0. The smallest absolute Gasteiger partial charge is 0.307 e. The molecule has 0 N–H and O–H groups in total. The van der Waals surface area contributed by atoms with Gasteiger partial charge in [-0.05, 0) is 54.9 Å². The van der Waals surface area contributed by atoms with E-state index in [1.807, 2.05) is 30.7 Å². The molecule has 4 aromatic rings. The maximum atomic E-state index is 12.8. The van der Waals surface area contributed by atoms with E-state index in [9.17, 15) is 4.79 Å². The molecular formula is C28H30N6O. The van der Waals surface area contributed by atoms with Gasteiger partial charge in [0.05, 0.1) is 23.6 Å². The molecule has 1 atom stereocenters. The fourth-order valence-electron chi connectivity index (χ4n) is 4.98. The van der Waals surface area contributed by atoms with Gasteiger partial charge in [0.1, 0.15) is 0 Å². The van der Waals surface area contributed by atoms with Gasteiger partial charge in [-0.25, -0.2) is 16.2 Å². The first-order valence-electron chi connectivity index (χ1n) is 12.3. The fraction of sp³-hybridized carbons (Fsp3) is 0.357. The number of benzene rings is 2. The molecule has 1 amide bonds. The minimum absolute atomic E-state index is 0.230. The Bertz CT molecular complexity index is 1330. The molecular weight excluding hydrogens is 436 g/mol. The normalized spacial score (nSPS) is 16.2. The van der Waals surface area contributed by atoms with Gasteiger partial charge < -0.3 is 9.47 Å². The van der Waals surface area contributed by atoms with Gasteiger partial charge in [0, 0.05) is 37.8 Å². The molecule has 0 radical (unpaired) electrons. The van der Waals surface area contributed by atoms with Gasteiger partial charge in [-0.2, -0.15) is 5.10 Å². The van der Waals surface area contributed by atoms with E-state index in [0.29, 0.717) is 12.3 Å². The molecule has 3 heterocycles. The molecule has 1 fully saturated rings. The Kier molecular flexibility index (Phi) is 6.89. The number of aryl methyl sites for hydroxylation is 1. The number of carbonyl (C=O) groups excluding carboxylic acids is 1. The van der Waals surface area contributed by atoms with Crippen molar-refractivity contribution in [3.05, 3.63) is 84.2 Å². The Hall–Kier alpha value is -3.92. The Morgan fingerprint density at radius 1 is 1.09 bits per heavy atom. The molecule has 2 aromatic carbocycles. The van der Waals surface area contributed by atoms with Crippen LogP contribution in [0.25, 0.3) is 27.0 Å². The maximum absolute atomic E-state index is 12.8. The second-order valence-corrected chi connectivity index (χ2v) is 9.33. The minimum atomic E-state index is 0.230. The third-order valence-electron chi connectivity index (χ3n) is 6.93. The molecule has 0 aliphatic carbocycles. The SMILES string of the molecule is [C-]#[N+]Cn1cc(-c2ccc3c(c2)ncn3CC2CCCN(C(=O)CCc3ccccc3)CC2)cn1. The van der Waals surface area contributed by atoms with Gasteiger partial charge in [0.15, 0.2) is 0 Å². The number of carbonyl (C=O) groups is 1. The number of rotatable bonds is 7. The number of likely N-dealkylation sites (tertiary alicyclic amines) is 1. The average molecular weight is 467 g/mol. The van der Waals surface area contributed by atoms with E-state index >= 15 is 0 Å². The van der Waals surface area contributed by atoms with Crippen molar-refractivity contribution in [3.8, 4) is 11.1 Å². The summed E-state index contributed by atoms with van der Waals surface area (Å²) in [4.78, 5) is 22.9. The van der Waals surface area contributed by atoms with Crippen molar-refractivity contribution in [2.45, 2.75) is 45.3 Å². The van der Waals surface area contributed by atoms with E-state index in [0.717, 1.165) is 67.5 Å². The molecule has 1 saturated heterocycles. The quantitative estimate of drug-likeness (QED) is 0.359. The van der Waals surface area contributed by atoms with Crippen molar-refractivity contribution in [1.82, 2.24) is 24.2 Å². The zero-order valence-electron chi connectivity index (χ0n) is 19.9. The molecule has 2 aromatic heterocycles. The number of hydrogen-bond donors (Lipinski definition) is 0. The molecule has 35 heavy (non-hydrogen) atoms. The van der Waals surface area contributed by atoms with E-state index in [2.05, 4.69) is 54.7 Å². The third kappa shape index (κ3) is 5.43. The lowest BCUT2D eigenvalue weighted by atomic mass is 10.0. The number of fused-ring (bicyclic) bond motifs is 1. The number of nitrogens with zero attached hydrogens (tertiary/aromatic N) is 6. The van der Waals surface area contributed by atoms with Gasteiger partial charge in [0.25, 0.3) is 0 Å². The summed E-state index contributed by atoms with van der Waals surface area (Å²) in [5.74, 6) is 0.806. The Morgan fingerprint density at radius 3 is 2.83 bits per heavy atom. The van der Waals surface area contributed by atoms with Crippen LogP contribution in [-0.4, -0.2) is 43.2 Å². The second-order valence-electron chi connectivity index (χ2n) is 9.33. The highest BCUT2D eigenvalue weighted by Gasteiger charge is 2.21. The van der Waals surface area contributed by atoms with Crippen LogP contribution < -0.4 is 0 Å². The molecule has 1 aliphatic heterocycles. The highest BCUT2D eigenvalue weighted by Crippen LogP contribution is 2.26. The zero-order valence-corrected chi connectivity index (χ0v) is 19.9. The molecule has 7 nitrogen and oxygen atoms in total. The monoisotopic (exact) mass is 466 g/mol. The molecule has 0 spiro atoms. The molecule has 7 heteroatoms. The number of hydrogen-bond acceptors (Lipinski definition) is 3. The maximum Gasteiger partial charge on any atom is 0.307 e. The molecule has 1 unspecified atom stereocenters. The van der Waals surface area contributed by atoms with Crippen LogP contribution in [0.1, 0.15) is 31.2 Å². The highest BCUT2D eigenvalue weighted by molar-refractivity contribution is 5.82. The summed E-state index contributed by atoms with van der Waals surface area (Å²) in [6.07, 6.45) is 10.2. The van der Waals surface area contributed by atoms with E-state index in [4.69, 9.17) is 6.57 Å². The summed E-state index contributed by atoms with van der Waals surface area (Å²) < 4.78 is 3.89. The predicted octanol–water partition coefficient (Wildman–Crippen LogP) is 5.04. The third-order valence-corrected chi connectivity index (χ3v) is 6.93. The van der Waals surface area contributed by atoms with Crippen molar-refractivity contribution in [3.63, 3.8) is 0 Å². The van der Waals surface area contributed by atoms with Gasteiger partial charge in [-0.3, -0.25) is 9.64 Å². The van der Waals surface area contributed by atoms with Crippen molar-refractivity contribution < 1.29 is 4.79 Å². The Morgan fingerprint density at radius 2 is 1.97 bits per heavy atom. The highest BCUT2D eigenvalue weighted by atomic mass is 16.2. The van der Waals surface area contributed by atoms with E-state index in [-0.39, 0.29) is 12.6 Å². The van der Waals surface area contributed by atoms with Crippen LogP contribution in [0.2, 0.25) is 0 Å². The van der Waals surface area contributed by atoms with Crippen LogP contribution >= 0.6 is 0 Å². The van der Waals surface area contributed by atoms with Crippen LogP contribution in [0.15, 0.2) is 67.3 Å². The van der Waals surface area contributed by atoms with Gasteiger partial charge >= 0.3 is 6.67 Å². The second kappa shape index (κ2) is 10.6. The molecule has 178 valence electrons. The summed E-state index contributed by atoms with van der Waals surface area (Å²) in [7, 11) is 0. The number of amides is 1. The van der Waals surface area contributed by atoms with Crippen LogP contribution in [0, 0.1) is 12.5 Å². The summed E-state index contributed by atoms with van der Waals surface area (Å²) in [5.41, 5.74) is 5.36. The first-order chi connectivity index (χ1) is 17.2. The van der Waals surface area contributed by atoms with Gasteiger partial charge in [-0.15, -0.1) is 0 Å². The number of imidazole rings is 1.